The van der Waals surface area contributed by atoms with Gasteiger partial charge < -0.3 is 10.1 Å². The fourth-order valence-corrected chi connectivity index (χ4v) is 2.21. The Morgan fingerprint density at radius 2 is 1.92 bits per heavy atom. The molecule has 1 N–H and O–H groups in total. The van der Waals surface area contributed by atoms with Crippen LogP contribution in [0.2, 0.25) is 0 Å². The van der Waals surface area contributed by atoms with Crippen molar-refractivity contribution >= 4 is 0 Å². The third kappa shape index (κ3) is 2.20. The van der Waals surface area contributed by atoms with Crippen LogP contribution in [0.5, 0.6) is 0 Å². The van der Waals surface area contributed by atoms with E-state index >= 15 is 0 Å². The van der Waals surface area contributed by atoms with Gasteiger partial charge in [-0.05, 0) is 32.2 Å². The lowest BCUT2D eigenvalue weighted by Gasteiger charge is -2.15. The SMILES string of the molecule is C1CNC(COC2CCCC2)C1. The van der Waals surface area contributed by atoms with Gasteiger partial charge in [-0.3, -0.25) is 0 Å². The monoisotopic (exact) mass is 169 g/mol. The second kappa shape index (κ2) is 4.24. The first-order chi connectivity index (χ1) is 5.95. The van der Waals surface area contributed by atoms with Crippen molar-refractivity contribution < 1.29 is 4.74 Å². The van der Waals surface area contributed by atoms with Crippen molar-refractivity contribution in [2.45, 2.75) is 50.7 Å². The second-order valence-electron chi connectivity index (χ2n) is 4.03. The van der Waals surface area contributed by atoms with Gasteiger partial charge in [-0.1, -0.05) is 12.8 Å². The van der Waals surface area contributed by atoms with Gasteiger partial charge >= 0.3 is 0 Å². The van der Waals surface area contributed by atoms with E-state index in [2.05, 4.69) is 5.32 Å². The molecule has 1 unspecified atom stereocenters. The summed E-state index contributed by atoms with van der Waals surface area (Å²) in [6, 6.07) is 0.658. The summed E-state index contributed by atoms with van der Waals surface area (Å²) in [6.07, 6.45) is 8.59. The van der Waals surface area contributed by atoms with Crippen LogP contribution in [0, 0.1) is 0 Å². The number of hydrogen-bond donors (Lipinski definition) is 1. The van der Waals surface area contributed by atoms with Crippen molar-refractivity contribution in [3.05, 3.63) is 0 Å². The van der Waals surface area contributed by atoms with Crippen molar-refractivity contribution in [2.75, 3.05) is 13.2 Å². The number of rotatable bonds is 3. The first-order valence-electron chi connectivity index (χ1n) is 5.30. The lowest BCUT2D eigenvalue weighted by Crippen LogP contribution is -2.28. The minimum absolute atomic E-state index is 0.590. The van der Waals surface area contributed by atoms with E-state index in [9.17, 15) is 0 Å². The third-order valence-corrected chi connectivity index (χ3v) is 3.00. The van der Waals surface area contributed by atoms with Crippen LogP contribution in [0.1, 0.15) is 38.5 Å². The molecule has 0 radical (unpaired) electrons. The summed E-state index contributed by atoms with van der Waals surface area (Å²) < 4.78 is 5.82. The van der Waals surface area contributed by atoms with Gasteiger partial charge in [-0.25, -0.2) is 0 Å². The van der Waals surface area contributed by atoms with Gasteiger partial charge in [0.15, 0.2) is 0 Å². The van der Waals surface area contributed by atoms with Crippen molar-refractivity contribution in [3.63, 3.8) is 0 Å². The Labute approximate surface area is 74.7 Å². The van der Waals surface area contributed by atoms with E-state index in [1.54, 1.807) is 0 Å². The van der Waals surface area contributed by atoms with Gasteiger partial charge in [0.05, 0.1) is 12.7 Å². The Morgan fingerprint density at radius 3 is 2.58 bits per heavy atom. The first kappa shape index (κ1) is 8.52. The maximum Gasteiger partial charge on any atom is 0.0623 e. The van der Waals surface area contributed by atoms with Gasteiger partial charge in [0.1, 0.15) is 0 Å². The Morgan fingerprint density at radius 1 is 1.08 bits per heavy atom. The molecule has 0 aromatic carbocycles. The van der Waals surface area contributed by atoms with Crippen LogP contribution < -0.4 is 5.32 Å². The normalized spacial score (nSPS) is 31.5. The Hall–Kier alpha value is -0.0800. The minimum atomic E-state index is 0.590. The zero-order valence-corrected chi connectivity index (χ0v) is 7.72. The molecule has 2 nitrogen and oxygen atoms in total. The molecule has 12 heavy (non-hydrogen) atoms. The van der Waals surface area contributed by atoms with E-state index < -0.39 is 0 Å². The predicted molar refractivity (Wildman–Crippen MR) is 49.2 cm³/mol. The number of hydrogen-bond acceptors (Lipinski definition) is 2. The fourth-order valence-electron chi connectivity index (χ4n) is 2.21. The third-order valence-electron chi connectivity index (χ3n) is 3.00. The molecular formula is C10H19NO. The lowest BCUT2D eigenvalue weighted by molar-refractivity contribution is 0.0460. The maximum atomic E-state index is 5.82. The molecule has 1 aliphatic heterocycles. The molecule has 1 heterocycles. The standard InChI is InChI=1S/C10H19NO/c1-2-6-10(5-1)12-8-9-4-3-7-11-9/h9-11H,1-8H2. The van der Waals surface area contributed by atoms with Crippen molar-refractivity contribution in [2.24, 2.45) is 0 Å². The van der Waals surface area contributed by atoms with Crippen LogP contribution in [0.3, 0.4) is 0 Å². The van der Waals surface area contributed by atoms with Crippen molar-refractivity contribution in [1.29, 1.82) is 0 Å². The van der Waals surface area contributed by atoms with E-state index in [-0.39, 0.29) is 0 Å². The molecule has 2 rings (SSSR count). The molecular weight excluding hydrogens is 150 g/mol. The Kier molecular flexibility index (Phi) is 3.01. The average molecular weight is 169 g/mol. The molecule has 0 bridgehead atoms. The summed E-state index contributed by atoms with van der Waals surface area (Å²) >= 11 is 0. The highest BCUT2D eigenvalue weighted by Crippen LogP contribution is 2.21. The number of ether oxygens (including phenoxy) is 1. The van der Waals surface area contributed by atoms with Crippen LogP contribution in [0.15, 0.2) is 0 Å². The molecule has 0 spiro atoms. The molecule has 0 aromatic rings. The zero-order chi connectivity index (χ0) is 8.23. The predicted octanol–water partition coefficient (Wildman–Crippen LogP) is 1.70. The van der Waals surface area contributed by atoms with Crippen LogP contribution in [0.4, 0.5) is 0 Å². The van der Waals surface area contributed by atoms with E-state index in [0.29, 0.717) is 12.1 Å². The van der Waals surface area contributed by atoms with Crippen LogP contribution >= 0.6 is 0 Å². The van der Waals surface area contributed by atoms with Gasteiger partial charge in [0.25, 0.3) is 0 Å². The zero-order valence-electron chi connectivity index (χ0n) is 7.72. The van der Waals surface area contributed by atoms with Crippen LogP contribution in [-0.2, 0) is 4.74 Å². The molecule has 1 saturated heterocycles. The molecule has 1 saturated carbocycles. The van der Waals surface area contributed by atoms with Crippen molar-refractivity contribution in [3.8, 4) is 0 Å². The van der Waals surface area contributed by atoms with E-state index in [1.165, 1.54) is 45.1 Å². The molecule has 1 atom stereocenters. The fraction of sp³-hybridized carbons (Fsp3) is 1.00. The summed E-state index contributed by atoms with van der Waals surface area (Å²) in [7, 11) is 0. The smallest absolute Gasteiger partial charge is 0.0623 e. The van der Waals surface area contributed by atoms with Gasteiger partial charge in [-0.15, -0.1) is 0 Å². The minimum Gasteiger partial charge on any atom is -0.377 e. The number of nitrogens with one attached hydrogen (secondary N) is 1. The van der Waals surface area contributed by atoms with E-state index in [1.807, 2.05) is 0 Å². The van der Waals surface area contributed by atoms with Crippen molar-refractivity contribution in [1.82, 2.24) is 5.32 Å². The highest BCUT2D eigenvalue weighted by molar-refractivity contribution is 4.75. The summed E-state index contributed by atoms with van der Waals surface area (Å²) in [4.78, 5) is 0. The second-order valence-corrected chi connectivity index (χ2v) is 4.03. The summed E-state index contributed by atoms with van der Waals surface area (Å²) in [5.74, 6) is 0. The topological polar surface area (TPSA) is 21.3 Å². The van der Waals surface area contributed by atoms with Crippen LogP contribution in [-0.4, -0.2) is 25.3 Å². The van der Waals surface area contributed by atoms with Crippen LogP contribution in [0.25, 0.3) is 0 Å². The summed E-state index contributed by atoms with van der Waals surface area (Å²) in [5.41, 5.74) is 0. The average Bonchev–Trinajstić information content (AvgIpc) is 2.74. The van der Waals surface area contributed by atoms with E-state index in [4.69, 9.17) is 4.74 Å². The molecule has 2 aliphatic rings. The molecule has 2 heteroatoms. The molecule has 0 aromatic heterocycles. The molecule has 1 aliphatic carbocycles. The molecule has 2 fully saturated rings. The largest absolute Gasteiger partial charge is 0.377 e. The summed E-state index contributed by atoms with van der Waals surface area (Å²) in [5, 5.41) is 3.46. The van der Waals surface area contributed by atoms with Gasteiger partial charge in [0, 0.05) is 6.04 Å². The summed E-state index contributed by atoms with van der Waals surface area (Å²) in [6.45, 7) is 2.14. The lowest BCUT2D eigenvalue weighted by atomic mass is 10.2. The van der Waals surface area contributed by atoms with E-state index in [0.717, 1.165) is 6.61 Å². The Bertz CT molecular complexity index is 110. The van der Waals surface area contributed by atoms with Gasteiger partial charge in [0.2, 0.25) is 0 Å². The quantitative estimate of drug-likeness (QED) is 0.694. The maximum absolute atomic E-state index is 5.82. The Balaban J connectivity index is 1.60. The first-order valence-corrected chi connectivity index (χ1v) is 5.30. The molecule has 70 valence electrons. The highest BCUT2D eigenvalue weighted by Gasteiger charge is 2.19. The molecule has 0 amide bonds. The highest BCUT2D eigenvalue weighted by atomic mass is 16.5. The van der Waals surface area contributed by atoms with Gasteiger partial charge in [-0.2, -0.15) is 0 Å².